The number of halogens is 1. The monoisotopic (exact) mass is 337 g/mol. The van der Waals surface area contributed by atoms with Crippen molar-refractivity contribution in [3.05, 3.63) is 56.2 Å². The zero-order valence-electron chi connectivity index (χ0n) is 11.7. The van der Waals surface area contributed by atoms with Gasteiger partial charge in [-0.2, -0.15) is 0 Å². The topological polar surface area (TPSA) is 12.0 Å². The summed E-state index contributed by atoms with van der Waals surface area (Å²) in [6.45, 7) is 8.63. The van der Waals surface area contributed by atoms with Gasteiger partial charge in [-0.15, -0.1) is 11.3 Å². The highest BCUT2D eigenvalue weighted by Gasteiger charge is 2.15. The van der Waals surface area contributed by atoms with E-state index in [-0.39, 0.29) is 5.41 Å². The lowest BCUT2D eigenvalue weighted by Gasteiger charge is -2.15. The van der Waals surface area contributed by atoms with Gasteiger partial charge in [0, 0.05) is 27.3 Å². The molecule has 0 saturated carbocycles. The Morgan fingerprint density at radius 3 is 2.53 bits per heavy atom. The fourth-order valence-electron chi connectivity index (χ4n) is 1.85. The molecule has 0 radical (unpaired) electrons. The lowest BCUT2D eigenvalue weighted by molar-refractivity contribution is 0.604. The quantitative estimate of drug-likeness (QED) is 0.818. The first-order valence-corrected chi connectivity index (χ1v) is 8.10. The number of nitrogens with one attached hydrogen (secondary N) is 1. The fraction of sp³-hybridized carbons (Fsp3) is 0.375. The zero-order valence-corrected chi connectivity index (χ0v) is 14.1. The van der Waals surface area contributed by atoms with Crippen LogP contribution in [0.2, 0.25) is 0 Å². The second kappa shape index (κ2) is 6.21. The minimum atomic E-state index is 0.257. The summed E-state index contributed by atoms with van der Waals surface area (Å²) >= 11 is 5.40. The van der Waals surface area contributed by atoms with Gasteiger partial charge in [-0.25, -0.2) is 0 Å². The molecule has 1 aromatic heterocycles. The van der Waals surface area contributed by atoms with Crippen molar-refractivity contribution >= 4 is 27.3 Å². The SMILES string of the molecule is CC(C)(C)c1ccc(CNCc2cccc(Br)c2)s1. The third-order valence-corrected chi connectivity index (χ3v) is 4.92. The minimum Gasteiger partial charge on any atom is -0.308 e. The Morgan fingerprint density at radius 2 is 1.89 bits per heavy atom. The minimum absolute atomic E-state index is 0.257. The van der Waals surface area contributed by atoms with E-state index in [1.165, 1.54) is 15.3 Å². The van der Waals surface area contributed by atoms with Gasteiger partial charge < -0.3 is 5.32 Å². The van der Waals surface area contributed by atoms with Crippen molar-refractivity contribution in [2.75, 3.05) is 0 Å². The largest absolute Gasteiger partial charge is 0.308 e. The highest BCUT2D eigenvalue weighted by atomic mass is 79.9. The number of hydrogen-bond acceptors (Lipinski definition) is 2. The molecule has 2 aromatic rings. The van der Waals surface area contributed by atoms with Crippen LogP contribution in [0.25, 0.3) is 0 Å². The summed E-state index contributed by atoms with van der Waals surface area (Å²) in [5.74, 6) is 0. The molecule has 0 aliphatic rings. The molecule has 1 heterocycles. The van der Waals surface area contributed by atoms with Crippen LogP contribution in [0.3, 0.4) is 0 Å². The average Bonchev–Trinajstić information content (AvgIpc) is 2.77. The maximum Gasteiger partial charge on any atom is 0.0303 e. The first kappa shape index (κ1) is 14.8. The molecule has 19 heavy (non-hydrogen) atoms. The molecule has 0 spiro atoms. The van der Waals surface area contributed by atoms with Crippen molar-refractivity contribution in [1.29, 1.82) is 0 Å². The second-order valence-electron chi connectivity index (χ2n) is 5.75. The third-order valence-electron chi connectivity index (χ3n) is 2.92. The Bertz CT molecular complexity index is 540. The van der Waals surface area contributed by atoms with Crippen LogP contribution in [0.5, 0.6) is 0 Å². The van der Waals surface area contributed by atoms with Crippen LogP contribution in [0.15, 0.2) is 40.9 Å². The maximum absolute atomic E-state index is 3.50. The molecule has 0 fully saturated rings. The normalized spacial score (nSPS) is 11.8. The van der Waals surface area contributed by atoms with Crippen LogP contribution in [0.4, 0.5) is 0 Å². The molecule has 0 unspecified atom stereocenters. The van der Waals surface area contributed by atoms with Crippen LogP contribution in [-0.2, 0) is 18.5 Å². The van der Waals surface area contributed by atoms with E-state index in [2.05, 4.69) is 78.4 Å². The maximum atomic E-state index is 3.50. The molecular weight excluding hydrogens is 318 g/mol. The summed E-state index contributed by atoms with van der Waals surface area (Å²) in [7, 11) is 0. The van der Waals surface area contributed by atoms with Crippen LogP contribution in [-0.4, -0.2) is 0 Å². The van der Waals surface area contributed by atoms with E-state index in [1.807, 2.05) is 11.3 Å². The summed E-state index contributed by atoms with van der Waals surface area (Å²) < 4.78 is 1.14. The van der Waals surface area contributed by atoms with Gasteiger partial charge in [0.1, 0.15) is 0 Å². The number of hydrogen-bond donors (Lipinski definition) is 1. The lowest BCUT2D eigenvalue weighted by Crippen LogP contribution is -2.11. The van der Waals surface area contributed by atoms with E-state index in [4.69, 9.17) is 0 Å². The molecule has 3 heteroatoms. The third kappa shape index (κ3) is 4.44. The number of rotatable bonds is 4. The van der Waals surface area contributed by atoms with Crippen LogP contribution >= 0.6 is 27.3 Å². The standard InChI is InChI=1S/C16H20BrNS/c1-16(2,3)15-8-7-14(19-15)11-18-10-12-5-4-6-13(17)9-12/h4-9,18H,10-11H2,1-3H3. The molecule has 1 nitrogen and oxygen atoms in total. The molecule has 0 saturated heterocycles. The Morgan fingerprint density at radius 1 is 1.11 bits per heavy atom. The van der Waals surface area contributed by atoms with Gasteiger partial charge in [0.15, 0.2) is 0 Å². The zero-order chi connectivity index (χ0) is 13.9. The van der Waals surface area contributed by atoms with E-state index >= 15 is 0 Å². The predicted octanol–water partition coefficient (Wildman–Crippen LogP) is 5.10. The van der Waals surface area contributed by atoms with E-state index < -0.39 is 0 Å². The summed E-state index contributed by atoms with van der Waals surface area (Å²) in [6, 6.07) is 12.9. The van der Waals surface area contributed by atoms with Gasteiger partial charge in [0.2, 0.25) is 0 Å². The molecule has 1 N–H and O–H groups in total. The smallest absolute Gasteiger partial charge is 0.0303 e. The molecular formula is C16H20BrNS. The molecule has 0 atom stereocenters. The van der Waals surface area contributed by atoms with Gasteiger partial charge in [-0.05, 0) is 35.2 Å². The van der Waals surface area contributed by atoms with Gasteiger partial charge in [-0.3, -0.25) is 0 Å². The van der Waals surface area contributed by atoms with Crippen molar-refractivity contribution in [3.63, 3.8) is 0 Å². The van der Waals surface area contributed by atoms with E-state index in [0.717, 1.165) is 17.6 Å². The Kier molecular flexibility index (Phi) is 4.82. The number of benzene rings is 1. The summed E-state index contributed by atoms with van der Waals surface area (Å²) in [4.78, 5) is 2.85. The van der Waals surface area contributed by atoms with E-state index in [0.29, 0.717) is 0 Å². The number of thiophene rings is 1. The Hall–Kier alpha value is -0.640. The Balaban J connectivity index is 1.88. The van der Waals surface area contributed by atoms with Crippen molar-refractivity contribution in [2.24, 2.45) is 0 Å². The van der Waals surface area contributed by atoms with Gasteiger partial charge in [0.25, 0.3) is 0 Å². The lowest BCUT2D eigenvalue weighted by atomic mass is 9.95. The summed E-state index contributed by atoms with van der Waals surface area (Å²) in [5.41, 5.74) is 1.56. The predicted molar refractivity (Wildman–Crippen MR) is 87.7 cm³/mol. The highest BCUT2D eigenvalue weighted by Crippen LogP contribution is 2.29. The van der Waals surface area contributed by atoms with E-state index in [9.17, 15) is 0 Å². The van der Waals surface area contributed by atoms with Crippen molar-refractivity contribution in [1.82, 2.24) is 5.32 Å². The molecule has 102 valence electrons. The fourth-order valence-corrected chi connectivity index (χ4v) is 3.33. The molecule has 0 aliphatic heterocycles. The van der Waals surface area contributed by atoms with Crippen LogP contribution in [0.1, 0.15) is 36.1 Å². The van der Waals surface area contributed by atoms with E-state index in [1.54, 1.807) is 0 Å². The van der Waals surface area contributed by atoms with Gasteiger partial charge in [-0.1, -0.05) is 48.8 Å². The van der Waals surface area contributed by atoms with Gasteiger partial charge in [0.05, 0.1) is 0 Å². The molecule has 2 rings (SSSR count). The summed E-state index contributed by atoms with van der Waals surface area (Å²) in [6.07, 6.45) is 0. The van der Waals surface area contributed by atoms with Crippen molar-refractivity contribution in [2.45, 2.75) is 39.3 Å². The Labute approximate surface area is 128 Å². The molecule has 0 aliphatic carbocycles. The van der Waals surface area contributed by atoms with Crippen molar-refractivity contribution in [3.8, 4) is 0 Å². The highest BCUT2D eigenvalue weighted by molar-refractivity contribution is 9.10. The van der Waals surface area contributed by atoms with Crippen LogP contribution in [0, 0.1) is 0 Å². The van der Waals surface area contributed by atoms with Crippen molar-refractivity contribution < 1.29 is 0 Å². The molecule has 0 bridgehead atoms. The van der Waals surface area contributed by atoms with Crippen LogP contribution < -0.4 is 5.32 Å². The summed E-state index contributed by atoms with van der Waals surface area (Å²) in [5, 5.41) is 3.50. The van der Waals surface area contributed by atoms with Gasteiger partial charge >= 0.3 is 0 Å². The molecule has 1 aromatic carbocycles. The second-order valence-corrected chi connectivity index (χ2v) is 7.83. The average molecular weight is 338 g/mol. The first-order valence-electron chi connectivity index (χ1n) is 6.49. The molecule has 0 amide bonds. The first-order chi connectivity index (χ1) is 8.95.